The number of amides is 1. The average Bonchev–Trinajstić information content (AvgIpc) is 3.09. The number of thiophene rings is 1. The zero-order chi connectivity index (χ0) is 16.9. The molecule has 0 aromatic carbocycles. The Morgan fingerprint density at radius 3 is 2.79 bits per heavy atom. The van der Waals surface area contributed by atoms with E-state index in [-0.39, 0.29) is 24.4 Å². The molecule has 1 aromatic rings. The van der Waals surface area contributed by atoms with Crippen LogP contribution in [-0.4, -0.2) is 40.0 Å². The van der Waals surface area contributed by atoms with Gasteiger partial charge in [-0.2, -0.15) is 0 Å². The molecule has 0 bridgehead atoms. The molecular weight excluding hydrogens is 370 g/mol. The molecule has 1 saturated heterocycles. The summed E-state index contributed by atoms with van der Waals surface area (Å²) in [5.74, 6) is 0.379. The van der Waals surface area contributed by atoms with E-state index < -0.39 is 10.0 Å². The van der Waals surface area contributed by atoms with Gasteiger partial charge in [0.1, 0.15) is 4.21 Å². The lowest BCUT2D eigenvalue weighted by Crippen LogP contribution is -2.35. The van der Waals surface area contributed by atoms with Crippen LogP contribution >= 0.6 is 23.7 Å². The van der Waals surface area contributed by atoms with Gasteiger partial charge >= 0.3 is 0 Å². The summed E-state index contributed by atoms with van der Waals surface area (Å²) in [5, 5.41) is 6.00. The number of carbonyl (C=O) groups is 1. The molecule has 1 aromatic heterocycles. The molecule has 2 heterocycles. The molecule has 1 atom stereocenters. The standard InChI is InChI=1S/C15H25N3O3S2.ClH/c1-11(2)9-14(19)17-8-6-13-3-4-15(22-13)23(20,21)18-12-5-7-16-10-12;/h3-4,11-12,16,18H,5-10H2,1-2H3,(H,17,19);1H. The van der Waals surface area contributed by atoms with Crippen molar-refractivity contribution in [2.24, 2.45) is 5.92 Å². The van der Waals surface area contributed by atoms with Crippen LogP contribution in [0, 0.1) is 5.92 Å². The van der Waals surface area contributed by atoms with Crippen molar-refractivity contribution in [1.82, 2.24) is 15.4 Å². The maximum absolute atomic E-state index is 12.3. The first-order valence-corrected chi connectivity index (χ1v) is 10.3. The SMILES string of the molecule is CC(C)CC(=O)NCCc1ccc(S(=O)(=O)NC2CCNC2)s1.Cl. The van der Waals surface area contributed by atoms with Gasteiger partial charge in [-0.15, -0.1) is 23.7 Å². The van der Waals surface area contributed by atoms with Crippen molar-refractivity contribution < 1.29 is 13.2 Å². The van der Waals surface area contributed by atoms with Crippen molar-refractivity contribution in [3.05, 3.63) is 17.0 Å². The average molecular weight is 396 g/mol. The van der Waals surface area contributed by atoms with Crippen LogP contribution in [0.4, 0.5) is 0 Å². The lowest BCUT2D eigenvalue weighted by atomic mass is 10.1. The first-order valence-electron chi connectivity index (χ1n) is 7.95. The zero-order valence-corrected chi connectivity index (χ0v) is 16.5. The predicted octanol–water partition coefficient (Wildman–Crippen LogP) is 1.51. The number of nitrogens with one attached hydrogen (secondary N) is 3. The van der Waals surface area contributed by atoms with Crippen LogP contribution in [0.3, 0.4) is 0 Å². The van der Waals surface area contributed by atoms with Crippen LogP contribution in [0.25, 0.3) is 0 Å². The number of hydrogen-bond acceptors (Lipinski definition) is 5. The van der Waals surface area contributed by atoms with Crippen molar-refractivity contribution in [2.75, 3.05) is 19.6 Å². The molecule has 6 nitrogen and oxygen atoms in total. The van der Waals surface area contributed by atoms with Crippen molar-refractivity contribution in [2.45, 2.75) is 43.4 Å². The second-order valence-corrected chi connectivity index (χ2v) is 9.34. The quantitative estimate of drug-likeness (QED) is 0.622. The molecule has 2 rings (SSSR count). The fraction of sp³-hybridized carbons (Fsp3) is 0.667. The Morgan fingerprint density at radius 2 is 2.17 bits per heavy atom. The van der Waals surface area contributed by atoms with Crippen LogP contribution in [-0.2, 0) is 21.2 Å². The van der Waals surface area contributed by atoms with Gasteiger partial charge < -0.3 is 10.6 Å². The van der Waals surface area contributed by atoms with Crippen LogP contribution < -0.4 is 15.4 Å². The second kappa shape index (κ2) is 9.72. The third-order valence-electron chi connectivity index (χ3n) is 3.57. The van der Waals surface area contributed by atoms with Gasteiger partial charge in [-0.1, -0.05) is 13.8 Å². The minimum atomic E-state index is -3.44. The Labute approximate surface area is 154 Å². The number of rotatable bonds is 8. The number of halogens is 1. The minimum absolute atomic E-state index is 0. The molecule has 24 heavy (non-hydrogen) atoms. The highest BCUT2D eigenvalue weighted by molar-refractivity contribution is 7.91. The zero-order valence-electron chi connectivity index (χ0n) is 14.0. The van der Waals surface area contributed by atoms with Gasteiger partial charge in [-0.25, -0.2) is 13.1 Å². The molecule has 0 radical (unpaired) electrons. The molecule has 0 saturated carbocycles. The van der Waals surface area contributed by atoms with Crippen LogP contribution in [0.1, 0.15) is 31.6 Å². The van der Waals surface area contributed by atoms with Crippen molar-refractivity contribution in [3.63, 3.8) is 0 Å². The Hall–Kier alpha value is -0.670. The van der Waals surface area contributed by atoms with E-state index in [9.17, 15) is 13.2 Å². The third-order valence-corrected chi connectivity index (χ3v) is 6.73. The Balaban J connectivity index is 0.00000288. The fourth-order valence-corrected chi connectivity index (χ4v) is 5.08. The van der Waals surface area contributed by atoms with Crippen molar-refractivity contribution >= 4 is 39.7 Å². The molecule has 0 aliphatic carbocycles. The van der Waals surface area contributed by atoms with Gasteiger partial charge in [0.25, 0.3) is 0 Å². The van der Waals surface area contributed by atoms with E-state index in [1.807, 2.05) is 19.9 Å². The summed E-state index contributed by atoms with van der Waals surface area (Å²) in [7, 11) is -3.44. The van der Waals surface area contributed by atoms with E-state index in [1.165, 1.54) is 11.3 Å². The first-order chi connectivity index (χ1) is 10.9. The number of carbonyl (C=O) groups excluding carboxylic acids is 1. The predicted molar refractivity (Wildman–Crippen MR) is 99.3 cm³/mol. The third kappa shape index (κ3) is 6.68. The summed E-state index contributed by atoms with van der Waals surface area (Å²) < 4.78 is 27.7. The molecule has 9 heteroatoms. The largest absolute Gasteiger partial charge is 0.356 e. The monoisotopic (exact) mass is 395 g/mol. The van der Waals surface area contributed by atoms with E-state index in [1.54, 1.807) is 6.07 Å². The second-order valence-electron chi connectivity index (χ2n) is 6.23. The summed E-state index contributed by atoms with van der Waals surface area (Å²) in [5.41, 5.74) is 0. The molecule has 138 valence electrons. The van der Waals surface area contributed by atoms with Crippen LogP contribution in [0.5, 0.6) is 0 Å². The molecule has 3 N–H and O–H groups in total. The molecule has 0 spiro atoms. The maximum atomic E-state index is 12.3. The van der Waals surface area contributed by atoms with Gasteiger partial charge in [0.2, 0.25) is 15.9 Å². The summed E-state index contributed by atoms with van der Waals surface area (Å²) in [4.78, 5) is 12.5. The summed E-state index contributed by atoms with van der Waals surface area (Å²) in [6.45, 7) is 6.07. The van der Waals surface area contributed by atoms with Crippen molar-refractivity contribution in [1.29, 1.82) is 0 Å². The first kappa shape index (κ1) is 21.4. The van der Waals surface area contributed by atoms with E-state index in [2.05, 4.69) is 15.4 Å². The minimum Gasteiger partial charge on any atom is -0.356 e. The lowest BCUT2D eigenvalue weighted by Gasteiger charge is -2.10. The van der Waals surface area contributed by atoms with Gasteiger partial charge in [0, 0.05) is 30.4 Å². The van der Waals surface area contributed by atoms with Crippen molar-refractivity contribution in [3.8, 4) is 0 Å². The lowest BCUT2D eigenvalue weighted by molar-refractivity contribution is -0.121. The smallest absolute Gasteiger partial charge is 0.250 e. The van der Waals surface area contributed by atoms with Gasteiger partial charge in [0.05, 0.1) is 0 Å². The highest BCUT2D eigenvalue weighted by Crippen LogP contribution is 2.22. The maximum Gasteiger partial charge on any atom is 0.250 e. The van der Waals surface area contributed by atoms with E-state index >= 15 is 0 Å². The molecule has 1 unspecified atom stereocenters. The fourth-order valence-electron chi connectivity index (χ4n) is 2.44. The molecule has 1 aliphatic rings. The molecular formula is C15H26ClN3O3S2. The normalized spacial score (nSPS) is 17.7. The van der Waals surface area contributed by atoms with E-state index in [4.69, 9.17) is 0 Å². The van der Waals surface area contributed by atoms with Crippen LogP contribution in [0.15, 0.2) is 16.3 Å². The summed E-state index contributed by atoms with van der Waals surface area (Å²) in [6, 6.07) is 3.43. The van der Waals surface area contributed by atoms with Gasteiger partial charge in [-0.3, -0.25) is 4.79 Å². The number of sulfonamides is 1. The molecule has 1 amide bonds. The number of hydrogen-bond donors (Lipinski definition) is 3. The Bertz CT molecular complexity index is 626. The summed E-state index contributed by atoms with van der Waals surface area (Å²) >= 11 is 1.27. The van der Waals surface area contributed by atoms with E-state index in [0.29, 0.717) is 36.1 Å². The Kier molecular flexibility index (Phi) is 8.66. The van der Waals surface area contributed by atoms with Crippen LogP contribution in [0.2, 0.25) is 0 Å². The topological polar surface area (TPSA) is 87.3 Å². The molecule has 1 aliphatic heterocycles. The highest BCUT2D eigenvalue weighted by Gasteiger charge is 2.23. The Morgan fingerprint density at radius 1 is 1.42 bits per heavy atom. The van der Waals surface area contributed by atoms with E-state index in [0.717, 1.165) is 17.8 Å². The highest BCUT2D eigenvalue weighted by atomic mass is 35.5. The molecule has 1 fully saturated rings. The summed E-state index contributed by atoms with van der Waals surface area (Å²) in [6.07, 6.45) is 1.98. The van der Waals surface area contributed by atoms with Gasteiger partial charge in [-0.05, 0) is 37.4 Å². The van der Waals surface area contributed by atoms with Gasteiger partial charge in [0.15, 0.2) is 0 Å².